The number of nitrogens with one attached hydrogen (secondary N) is 2. The van der Waals surface area contributed by atoms with Crippen molar-refractivity contribution in [1.82, 2.24) is 20.2 Å². The number of aryl methyl sites for hydroxylation is 1. The van der Waals surface area contributed by atoms with E-state index in [1.807, 2.05) is 49.2 Å². The molecule has 0 saturated carbocycles. The molecule has 0 atom stereocenters. The summed E-state index contributed by atoms with van der Waals surface area (Å²) in [6, 6.07) is 9.47. The van der Waals surface area contributed by atoms with E-state index in [0.717, 1.165) is 22.8 Å². The summed E-state index contributed by atoms with van der Waals surface area (Å²) in [5, 5.41) is 10.4. The quantitative estimate of drug-likeness (QED) is 0.644. The van der Waals surface area contributed by atoms with Gasteiger partial charge in [-0.2, -0.15) is 5.10 Å². The standard InChI is InChI=1S/C19H22N6O3/c1-12-8-17(24-23-12)20-16-10-18(25(2)6-7-26-3)22-19(21-16)13-4-5-14-15(9-13)28-11-27-14/h4-5,8-10H,6-7,11H2,1-3H3,(H2,20,21,22,23,24). The third-order valence-electron chi connectivity index (χ3n) is 4.33. The molecule has 2 aromatic heterocycles. The molecule has 3 aromatic rings. The highest BCUT2D eigenvalue weighted by molar-refractivity contribution is 5.67. The zero-order chi connectivity index (χ0) is 19.5. The first kappa shape index (κ1) is 18.1. The Kier molecular flexibility index (Phi) is 4.98. The van der Waals surface area contributed by atoms with Gasteiger partial charge in [-0.15, -0.1) is 0 Å². The van der Waals surface area contributed by atoms with E-state index in [2.05, 4.69) is 20.5 Å². The SMILES string of the molecule is COCCN(C)c1cc(Nc2cc(C)[nH]n2)nc(-c2ccc3c(c2)OCO3)n1. The minimum absolute atomic E-state index is 0.227. The lowest BCUT2D eigenvalue weighted by atomic mass is 10.2. The number of benzene rings is 1. The minimum Gasteiger partial charge on any atom is -0.454 e. The van der Waals surface area contributed by atoms with Gasteiger partial charge in [0.2, 0.25) is 6.79 Å². The Morgan fingerprint density at radius 3 is 2.79 bits per heavy atom. The van der Waals surface area contributed by atoms with Crippen molar-refractivity contribution in [3.63, 3.8) is 0 Å². The number of hydrogen-bond acceptors (Lipinski definition) is 8. The highest BCUT2D eigenvalue weighted by atomic mass is 16.7. The molecule has 28 heavy (non-hydrogen) atoms. The summed E-state index contributed by atoms with van der Waals surface area (Å²) in [5.74, 6) is 4.11. The van der Waals surface area contributed by atoms with Gasteiger partial charge in [0, 0.05) is 44.1 Å². The number of aromatic nitrogens is 4. The number of anilines is 3. The summed E-state index contributed by atoms with van der Waals surface area (Å²) in [4.78, 5) is 11.4. The molecule has 9 heteroatoms. The zero-order valence-corrected chi connectivity index (χ0v) is 16.0. The number of fused-ring (bicyclic) bond motifs is 1. The van der Waals surface area contributed by atoms with Gasteiger partial charge in [-0.25, -0.2) is 9.97 Å². The van der Waals surface area contributed by atoms with Gasteiger partial charge in [0.05, 0.1) is 6.61 Å². The van der Waals surface area contributed by atoms with Crippen molar-refractivity contribution in [2.45, 2.75) is 6.92 Å². The molecule has 1 aliphatic rings. The van der Waals surface area contributed by atoms with Crippen LogP contribution in [0.25, 0.3) is 11.4 Å². The van der Waals surface area contributed by atoms with Crippen LogP contribution in [0.15, 0.2) is 30.3 Å². The van der Waals surface area contributed by atoms with Gasteiger partial charge >= 0.3 is 0 Å². The van der Waals surface area contributed by atoms with Crippen LogP contribution < -0.4 is 19.7 Å². The molecule has 0 fully saturated rings. The molecular weight excluding hydrogens is 360 g/mol. The van der Waals surface area contributed by atoms with Crippen LogP contribution in [0.2, 0.25) is 0 Å². The van der Waals surface area contributed by atoms with E-state index in [9.17, 15) is 0 Å². The smallest absolute Gasteiger partial charge is 0.231 e. The predicted octanol–water partition coefficient (Wildman–Crippen LogP) is 2.73. The molecule has 0 unspecified atom stereocenters. The van der Waals surface area contributed by atoms with Crippen molar-refractivity contribution < 1.29 is 14.2 Å². The fourth-order valence-electron chi connectivity index (χ4n) is 2.81. The second-order valence-corrected chi connectivity index (χ2v) is 6.48. The van der Waals surface area contributed by atoms with E-state index in [-0.39, 0.29) is 6.79 Å². The number of H-pyrrole nitrogens is 1. The molecule has 146 valence electrons. The third kappa shape index (κ3) is 3.84. The Balaban J connectivity index is 1.70. The molecule has 0 amide bonds. The topological polar surface area (TPSA) is 97.4 Å². The van der Waals surface area contributed by atoms with Crippen molar-refractivity contribution in [1.29, 1.82) is 0 Å². The Morgan fingerprint density at radius 1 is 1.14 bits per heavy atom. The molecule has 2 N–H and O–H groups in total. The normalized spacial score (nSPS) is 12.2. The highest BCUT2D eigenvalue weighted by Crippen LogP contribution is 2.35. The Morgan fingerprint density at radius 2 is 2.00 bits per heavy atom. The molecule has 1 aromatic carbocycles. The lowest BCUT2D eigenvalue weighted by Gasteiger charge is -2.19. The Labute approximate surface area is 162 Å². The van der Waals surface area contributed by atoms with E-state index in [4.69, 9.17) is 19.2 Å². The van der Waals surface area contributed by atoms with Crippen LogP contribution in [0, 0.1) is 6.92 Å². The summed E-state index contributed by atoms with van der Waals surface area (Å²) in [7, 11) is 3.64. The number of hydrogen-bond donors (Lipinski definition) is 2. The molecule has 1 aliphatic heterocycles. The van der Waals surface area contributed by atoms with E-state index >= 15 is 0 Å². The summed E-state index contributed by atoms with van der Waals surface area (Å²) >= 11 is 0. The van der Waals surface area contributed by atoms with E-state index < -0.39 is 0 Å². The van der Waals surface area contributed by atoms with Crippen molar-refractivity contribution in [2.24, 2.45) is 0 Å². The molecule has 0 saturated heterocycles. The van der Waals surface area contributed by atoms with Crippen molar-refractivity contribution >= 4 is 17.5 Å². The summed E-state index contributed by atoms with van der Waals surface area (Å²) < 4.78 is 16.1. The van der Waals surface area contributed by atoms with Crippen LogP contribution in [0.4, 0.5) is 17.5 Å². The third-order valence-corrected chi connectivity index (χ3v) is 4.33. The van der Waals surface area contributed by atoms with Gasteiger partial charge < -0.3 is 24.4 Å². The molecule has 0 spiro atoms. The van der Waals surface area contributed by atoms with E-state index in [0.29, 0.717) is 36.4 Å². The van der Waals surface area contributed by atoms with Gasteiger partial charge in [0.15, 0.2) is 23.1 Å². The Hall–Kier alpha value is -3.33. The van der Waals surface area contributed by atoms with Gasteiger partial charge in [0.1, 0.15) is 11.6 Å². The number of aromatic amines is 1. The maximum absolute atomic E-state index is 5.49. The number of ether oxygens (including phenoxy) is 3. The first-order valence-electron chi connectivity index (χ1n) is 8.90. The maximum atomic E-state index is 5.49. The Bertz CT molecular complexity index is 974. The van der Waals surface area contributed by atoms with Crippen LogP contribution in [0.5, 0.6) is 11.5 Å². The largest absolute Gasteiger partial charge is 0.454 e. The number of likely N-dealkylation sites (N-methyl/N-ethyl adjacent to an activating group) is 1. The summed E-state index contributed by atoms with van der Waals surface area (Å²) in [6.45, 7) is 3.47. The number of rotatable bonds is 7. The fourth-order valence-corrected chi connectivity index (χ4v) is 2.81. The molecule has 0 bridgehead atoms. The lowest BCUT2D eigenvalue weighted by Crippen LogP contribution is -2.23. The van der Waals surface area contributed by atoms with E-state index in [1.54, 1.807) is 7.11 Å². The summed E-state index contributed by atoms with van der Waals surface area (Å²) in [5.41, 5.74) is 1.80. The van der Waals surface area contributed by atoms with Crippen LogP contribution in [-0.2, 0) is 4.74 Å². The average molecular weight is 382 g/mol. The number of nitrogens with zero attached hydrogens (tertiary/aromatic N) is 4. The molecular formula is C19H22N6O3. The highest BCUT2D eigenvalue weighted by Gasteiger charge is 2.17. The minimum atomic E-state index is 0.227. The molecule has 0 radical (unpaired) electrons. The van der Waals surface area contributed by atoms with Crippen LogP contribution in [0.3, 0.4) is 0 Å². The van der Waals surface area contributed by atoms with Gasteiger partial charge in [-0.05, 0) is 25.1 Å². The van der Waals surface area contributed by atoms with Crippen LogP contribution in [-0.4, -0.2) is 54.3 Å². The van der Waals surface area contributed by atoms with Crippen molar-refractivity contribution in [3.8, 4) is 22.9 Å². The van der Waals surface area contributed by atoms with Crippen LogP contribution >= 0.6 is 0 Å². The first-order valence-corrected chi connectivity index (χ1v) is 8.90. The molecule has 3 heterocycles. The number of methoxy groups -OCH3 is 1. The van der Waals surface area contributed by atoms with Crippen LogP contribution in [0.1, 0.15) is 5.69 Å². The first-order chi connectivity index (χ1) is 13.6. The van der Waals surface area contributed by atoms with Gasteiger partial charge in [-0.1, -0.05) is 0 Å². The lowest BCUT2D eigenvalue weighted by molar-refractivity contribution is 0.174. The van der Waals surface area contributed by atoms with Crippen molar-refractivity contribution in [3.05, 3.63) is 36.0 Å². The maximum Gasteiger partial charge on any atom is 0.231 e. The second kappa shape index (κ2) is 7.73. The molecule has 4 rings (SSSR count). The van der Waals surface area contributed by atoms with Gasteiger partial charge in [-0.3, -0.25) is 5.10 Å². The monoisotopic (exact) mass is 382 g/mol. The predicted molar refractivity (Wildman–Crippen MR) is 105 cm³/mol. The fraction of sp³-hybridized carbons (Fsp3) is 0.316. The van der Waals surface area contributed by atoms with E-state index in [1.165, 1.54) is 0 Å². The molecule has 9 nitrogen and oxygen atoms in total. The second-order valence-electron chi connectivity index (χ2n) is 6.48. The summed E-state index contributed by atoms with van der Waals surface area (Å²) in [6.07, 6.45) is 0. The van der Waals surface area contributed by atoms with Gasteiger partial charge in [0.25, 0.3) is 0 Å². The molecule has 0 aliphatic carbocycles. The zero-order valence-electron chi connectivity index (χ0n) is 16.0. The van der Waals surface area contributed by atoms with Crippen molar-refractivity contribution in [2.75, 3.05) is 44.3 Å². The average Bonchev–Trinajstić information content (AvgIpc) is 3.33.